The van der Waals surface area contributed by atoms with E-state index in [1.807, 2.05) is 29.2 Å². The molecule has 1 aromatic carbocycles. The van der Waals surface area contributed by atoms with Crippen LogP contribution >= 0.6 is 0 Å². The largest absolute Gasteiger partial charge is 0.465 e. The Kier molecular flexibility index (Phi) is 6.32. The summed E-state index contributed by atoms with van der Waals surface area (Å²) >= 11 is 0. The molecule has 0 radical (unpaired) electrons. The number of benzene rings is 1. The highest BCUT2D eigenvalue weighted by atomic mass is 16.5. The maximum absolute atomic E-state index is 13.9. The molecule has 1 spiro atoms. The SMILES string of the molecule is COCCN1C(=O)N(C2Cc3ccccc3C2)C(=O)C12CCN(C/C(C)=C/c1ccco1)CC2. The number of carbonyl (C=O) groups excluding carboxylic acids is 2. The highest BCUT2D eigenvalue weighted by Gasteiger charge is 2.59. The van der Waals surface area contributed by atoms with E-state index in [1.165, 1.54) is 16.7 Å². The Bertz CT molecular complexity index is 1040. The molecule has 3 amide bonds. The number of nitrogens with zero attached hydrogens (tertiary/aromatic N) is 3. The number of ether oxygens (including phenoxy) is 1. The zero-order chi connectivity index (χ0) is 23.7. The number of carbonyl (C=O) groups is 2. The number of hydrogen-bond acceptors (Lipinski definition) is 5. The lowest BCUT2D eigenvalue weighted by Crippen LogP contribution is -2.57. The average Bonchev–Trinajstić information content (AvgIpc) is 3.53. The molecular formula is C27H33N3O4. The number of fused-ring (bicyclic) bond motifs is 1. The first-order chi connectivity index (χ1) is 16.5. The van der Waals surface area contributed by atoms with Gasteiger partial charge in [-0.2, -0.15) is 0 Å². The summed E-state index contributed by atoms with van der Waals surface area (Å²) in [6.45, 7) is 5.32. The van der Waals surface area contributed by atoms with Crippen molar-refractivity contribution in [2.24, 2.45) is 0 Å². The summed E-state index contributed by atoms with van der Waals surface area (Å²) in [6.07, 6.45) is 6.50. The van der Waals surface area contributed by atoms with Crippen molar-refractivity contribution in [3.8, 4) is 0 Å². The topological polar surface area (TPSA) is 66.2 Å². The zero-order valence-electron chi connectivity index (χ0n) is 20.0. The molecule has 3 heterocycles. The van der Waals surface area contributed by atoms with Gasteiger partial charge < -0.3 is 14.1 Å². The number of furan rings is 1. The van der Waals surface area contributed by atoms with Crippen LogP contribution in [-0.4, -0.2) is 78.1 Å². The van der Waals surface area contributed by atoms with Crippen molar-refractivity contribution in [2.45, 2.75) is 44.2 Å². The van der Waals surface area contributed by atoms with E-state index in [9.17, 15) is 9.59 Å². The van der Waals surface area contributed by atoms with E-state index in [-0.39, 0.29) is 18.0 Å². The van der Waals surface area contributed by atoms with E-state index in [0.717, 1.165) is 38.2 Å². The number of amides is 3. The van der Waals surface area contributed by atoms with Crippen molar-refractivity contribution in [3.05, 3.63) is 65.1 Å². The number of hydrogen-bond donors (Lipinski definition) is 0. The molecule has 0 atom stereocenters. The van der Waals surface area contributed by atoms with Crippen LogP contribution in [0, 0.1) is 0 Å². The normalized spacial score (nSPS) is 21.2. The first-order valence-electron chi connectivity index (χ1n) is 12.2. The van der Waals surface area contributed by atoms with Gasteiger partial charge >= 0.3 is 6.03 Å². The van der Waals surface area contributed by atoms with Crippen molar-refractivity contribution in [1.82, 2.24) is 14.7 Å². The number of urea groups is 1. The van der Waals surface area contributed by atoms with Crippen LogP contribution in [0.1, 0.15) is 36.7 Å². The van der Waals surface area contributed by atoms with Crippen LogP contribution in [0.3, 0.4) is 0 Å². The van der Waals surface area contributed by atoms with E-state index in [2.05, 4.69) is 30.0 Å². The molecule has 34 heavy (non-hydrogen) atoms. The van der Waals surface area contributed by atoms with Crippen molar-refractivity contribution in [3.63, 3.8) is 0 Å². The lowest BCUT2D eigenvalue weighted by molar-refractivity contribution is -0.137. The fourth-order valence-electron chi connectivity index (χ4n) is 5.85. The Morgan fingerprint density at radius 3 is 2.44 bits per heavy atom. The van der Waals surface area contributed by atoms with E-state index in [4.69, 9.17) is 9.15 Å². The van der Waals surface area contributed by atoms with Crippen molar-refractivity contribution in [1.29, 1.82) is 0 Å². The number of piperidine rings is 1. The lowest BCUT2D eigenvalue weighted by atomic mass is 9.85. The third-order valence-electron chi connectivity index (χ3n) is 7.57. The molecule has 180 valence electrons. The maximum Gasteiger partial charge on any atom is 0.328 e. The van der Waals surface area contributed by atoms with Crippen LogP contribution in [-0.2, 0) is 22.4 Å². The van der Waals surface area contributed by atoms with Gasteiger partial charge in [-0.15, -0.1) is 0 Å². The summed E-state index contributed by atoms with van der Waals surface area (Å²) in [7, 11) is 1.64. The Balaban J connectivity index is 1.31. The highest BCUT2D eigenvalue weighted by Crippen LogP contribution is 2.40. The molecule has 3 aliphatic rings. The van der Waals surface area contributed by atoms with Gasteiger partial charge in [0.2, 0.25) is 0 Å². The maximum atomic E-state index is 13.9. The highest BCUT2D eigenvalue weighted by molar-refractivity contribution is 6.07. The first-order valence-corrected chi connectivity index (χ1v) is 12.2. The first kappa shape index (κ1) is 22.9. The van der Waals surface area contributed by atoms with Crippen LogP contribution in [0.4, 0.5) is 4.79 Å². The molecule has 2 aromatic rings. The summed E-state index contributed by atoms with van der Waals surface area (Å²) in [5.41, 5.74) is 2.93. The zero-order valence-corrected chi connectivity index (χ0v) is 20.0. The van der Waals surface area contributed by atoms with Gasteiger partial charge in [-0.25, -0.2) is 4.79 Å². The van der Waals surface area contributed by atoms with Crippen LogP contribution in [0.15, 0.2) is 52.7 Å². The van der Waals surface area contributed by atoms with Crippen molar-refractivity contribution >= 4 is 18.0 Å². The van der Waals surface area contributed by atoms with E-state index >= 15 is 0 Å². The smallest absolute Gasteiger partial charge is 0.328 e. The second kappa shape index (κ2) is 9.39. The molecule has 1 aliphatic carbocycles. The monoisotopic (exact) mass is 463 g/mol. The Hall–Kier alpha value is -2.90. The van der Waals surface area contributed by atoms with Gasteiger partial charge in [0.05, 0.1) is 12.9 Å². The molecular weight excluding hydrogens is 430 g/mol. The molecule has 0 N–H and O–H groups in total. The van der Waals surface area contributed by atoms with E-state index in [1.54, 1.807) is 18.3 Å². The predicted molar refractivity (Wildman–Crippen MR) is 129 cm³/mol. The predicted octanol–water partition coefficient (Wildman–Crippen LogP) is 3.60. The average molecular weight is 464 g/mol. The van der Waals surface area contributed by atoms with Crippen molar-refractivity contribution < 1.29 is 18.7 Å². The molecule has 2 aliphatic heterocycles. The molecule has 0 saturated carbocycles. The number of methoxy groups -OCH3 is 1. The van der Waals surface area contributed by atoms with Gasteiger partial charge in [-0.1, -0.05) is 29.8 Å². The lowest BCUT2D eigenvalue weighted by Gasteiger charge is -2.42. The van der Waals surface area contributed by atoms with Gasteiger partial charge in [0, 0.05) is 39.3 Å². The minimum atomic E-state index is -0.764. The molecule has 1 aromatic heterocycles. The Labute approximate surface area is 200 Å². The second-order valence-electron chi connectivity index (χ2n) is 9.75. The van der Waals surface area contributed by atoms with Crippen LogP contribution in [0.2, 0.25) is 0 Å². The van der Waals surface area contributed by atoms with Crippen molar-refractivity contribution in [2.75, 3.05) is 39.9 Å². The van der Waals surface area contributed by atoms with Gasteiger partial charge in [-0.05, 0) is 61.9 Å². The second-order valence-corrected chi connectivity index (χ2v) is 9.75. The molecule has 7 nitrogen and oxygen atoms in total. The number of likely N-dealkylation sites (tertiary alicyclic amines) is 1. The Morgan fingerprint density at radius 2 is 1.82 bits per heavy atom. The fourth-order valence-corrected chi connectivity index (χ4v) is 5.85. The van der Waals surface area contributed by atoms with Gasteiger partial charge in [0.15, 0.2) is 0 Å². The molecule has 7 heteroatoms. The van der Waals surface area contributed by atoms with Gasteiger partial charge in [0.1, 0.15) is 11.3 Å². The van der Waals surface area contributed by atoms with Crippen LogP contribution in [0.25, 0.3) is 6.08 Å². The third-order valence-corrected chi connectivity index (χ3v) is 7.57. The molecule has 2 saturated heterocycles. The van der Waals surface area contributed by atoms with Crippen LogP contribution < -0.4 is 0 Å². The molecule has 0 unspecified atom stereocenters. The summed E-state index contributed by atoms with van der Waals surface area (Å²) in [5, 5.41) is 0. The fraction of sp³-hybridized carbons (Fsp3) is 0.481. The summed E-state index contributed by atoms with van der Waals surface area (Å²) in [5.74, 6) is 0.829. The summed E-state index contributed by atoms with van der Waals surface area (Å²) < 4.78 is 10.7. The van der Waals surface area contributed by atoms with Gasteiger partial charge in [-0.3, -0.25) is 14.6 Å². The number of imide groups is 1. The molecule has 5 rings (SSSR count). The molecule has 2 fully saturated rings. The minimum absolute atomic E-state index is 0.0195. The number of rotatable bonds is 7. The quantitative estimate of drug-likeness (QED) is 0.587. The standard InChI is InChI=1S/C27H33N3O4/c1-20(16-24-8-5-14-34-24)19-28-11-9-27(10-12-28)25(31)30(26(32)29(27)13-15-33-2)23-17-21-6-3-4-7-22(21)18-23/h3-8,14,16,23H,9-13,15,17-19H2,1-2H3/b20-16+. The molecule has 0 bridgehead atoms. The van der Waals surface area contributed by atoms with E-state index in [0.29, 0.717) is 26.0 Å². The Morgan fingerprint density at radius 1 is 1.12 bits per heavy atom. The van der Waals surface area contributed by atoms with E-state index < -0.39 is 5.54 Å². The summed E-state index contributed by atoms with van der Waals surface area (Å²) in [4.78, 5) is 33.3. The van der Waals surface area contributed by atoms with Gasteiger partial charge in [0.25, 0.3) is 5.91 Å². The minimum Gasteiger partial charge on any atom is -0.465 e. The van der Waals surface area contributed by atoms with Crippen LogP contribution in [0.5, 0.6) is 0 Å². The summed E-state index contributed by atoms with van der Waals surface area (Å²) in [6, 6.07) is 11.8. The third kappa shape index (κ3) is 4.07.